The van der Waals surface area contributed by atoms with Crippen LogP contribution in [0.3, 0.4) is 0 Å². The first kappa shape index (κ1) is 15.3. The Bertz CT molecular complexity index is 600. The van der Waals surface area contributed by atoms with Gasteiger partial charge in [-0.3, -0.25) is 9.78 Å². The van der Waals surface area contributed by atoms with Crippen LogP contribution >= 0.6 is 11.8 Å². The van der Waals surface area contributed by atoms with E-state index in [2.05, 4.69) is 15.2 Å². The molecule has 2 N–H and O–H groups in total. The Hall–Kier alpha value is -2.09. The van der Waals surface area contributed by atoms with Gasteiger partial charge in [-0.15, -0.1) is 10.2 Å². The Balaban J connectivity index is 1.97. The van der Waals surface area contributed by atoms with E-state index in [1.807, 2.05) is 13.8 Å². The molecule has 0 aliphatic heterocycles. The predicted molar refractivity (Wildman–Crippen MR) is 79.9 cm³/mol. The van der Waals surface area contributed by atoms with E-state index in [1.165, 1.54) is 16.4 Å². The summed E-state index contributed by atoms with van der Waals surface area (Å²) >= 11 is 1.20. The molecule has 0 bridgehead atoms. The van der Waals surface area contributed by atoms with Crippen LogP contribution in [0.25, 0.3) is 11.4 Å². The number of thioether (sulfide) groups is 1. The molecule has 8 heteroatoms. The van der Waals surface area contributed by atoms with Crippen molar-refractivity contribution in [1.82, 2.24) is 19.9 Å². The van der Waals surface area contributed by atoms with E-state index in [0.717, 1.165) is 5.56 Å². The van der Waals surface area contributed by atoms with Crippen molar-refractivity contribution in [3.63, 3.8) is 0 Å². The summed E-state index contributed by atoms with van der Waals surface area (Å²) in [6.07, 6.45) is 3.31. The van der Waals surface area contributed by atoms with Gasteiger partial charge in [0.25, 0.3) is 0 Å². The van der Waals surface area contributed by atoms with Gasteiger partial charge in [-0.25, -0.2) is 4.68 Å². The molecule has 0 saturated heterocycles. The molecule has 0 atom stereocenters. The lowest BCUT2D eigenvalue weighted by Crippen LogP contribution is -2.14. The van der Waals surface area contributed by atoms with Gasteiger partial charge in [0.1, 0.15) is 0 Å². The van der Waals surface area contributed by atoms with Gasteiger partial charge in [-0.05, 0) is 18.1 Å². The van der Waals surface area contributed by atoms with Crippen molar-refractivity contribution in [2.45, 2.75) is 19.0 Å². The third-order valence-corrected chi connectivity index (χ3v) is 3.42. The summed E-state index contributed by atoms with van der Waals surface area (Å²) in [5, 5.41) is 8.47. The zero-order chi connectivity index (χ0) is 15.2. The van der Waals surface area contributed by atoms with E-state index in [9.17, 15) is 4.79 Å². The summed E-state index contributed by atoms with van der Waals surface area (Å²) in [6.45, 7) is 4.38. The number of carbonyl (C=O) groups is 1. The topological polar surface area (TPSA) is 95.9 Å². The minimum Gasteiger partial charge on any atom is -0.465 e. The van der Waals surface area contributed by atoms with Crippen LogP contribution in [0.15, 0.2) is 29.7 Å². The molecule has 112 valence electrons. The van der Waals surface area contributed by atoms with Crippen molar-refractivity contribution in [3.05, 3.63) is 24.5 Å². The number of esters is 1. The van der Waals surface area contributed by atoms with Crippen LogP contribution in [-0.4, -0.2) is 38.2 Å². The maximum absolute atomic E-state index is 11.6. The zero-order valence-corrected chi connectivity index (χ0v) is 12.7. The Labute approximate surface area is 126 Å². The summed E-state index contributed by atoms with van der Waals surface area (Å²) in [7, 11) is 0. The summed E-state index contributed by atoms with van der Waals surface area (Å²) in [4.78, 5) is 15.5. The second kappa shape index (κ2) is 7.07. The number of ether oxygens (including phenoxy) is 1. The van der Waals surface area contributed by atoms with Crippen molar-refractivity contribution < 1.29 is 9.53 Å². The molecule has 2 aromatic heterocycles. The van der Waals surface area contributed by atoms with Gasteiger partial charge < -0.3 is 10.6 Å². The third-order valence-electron chi connectivity index (χ3n) is 2.50. The van der Waals surface area contributed by atoms with E-state index in [0.29, 0.717) is 23.5 Å². The lowest BCUT2D eigenvalue weighted by atomic mass is 10.2. The number of carbonyl (C=O) groups excluding carboxylic acids is 1. The fraction of sp³-hybridized carbons (Fsp3) is 0.385. The molecule has 2 aromatic rings. The second-order valence-electron chi connectivity index (χ2n) is 4.78. The largest absolute Gasteiger partial charge is 0.465 e. The summed E-state index contributed by atoms with van der Waals surface area (Å²) in [5.41, 5.74) is 0.814. The summed E-state index contributed by atoms with van der Waals surface area (Å²) in [5.74, 6) is 6.64. The molecule has 0 spiro atoms. The normalized spacial score (nSPS) is 10.8. The molecule has 0 unspecified atom stereocenters. The number of nitrogens with zero attached hydrogens (tertiary/aromatic N) is 4. The lowest BCUT2D eigenvalue weighted by molar-refractivity contribution is -0.141. The highest BCUT2D eigenvalue weighted by Crippen LogP contribution is 2.20. The summed E-state index contributed by atoms with van der Waals surface area (Å²) in [6, 6.07) is 3.58. The van der Waals surface area contributed by atoms with E-state index in [-0.39, 0.29) is 11.7 Å². The predicted octanol–water partition coefficient (Wildman–Crippen LogP) is 1.35. The second-order valence-corrected chi connectivity index (χ2v) is 5.72. The third kappa shape index (κ3) is 4.19. The fourth-order valence-electron chi connectivity index (χ4n) is 1.50. The van der Waals surface area contributed by atoms with Crippen molar-refractivity contribution in [3.8, 4) is 11.4 Å². The number of hydrogen-bond donors (Lipinski definition) is 1. The van der Waals surface area contributed by atoms with Gasteiger partial charge >= 0.3 is 5.97 Å². The number of nitrogen functional groups attached to an aromatic ring is 1. The maximum atomic E-state index is 11.6. The molecule has 21 heavy (non-hydrogen) atoms. The molecule has 0 amide bonds. The summed E-state index contributed by atoms with van der Waals surface area (Å²) < 4.78 is 6.45. The van der Waals surface area contributed by atoms with Gasteiger partial charge in [0, 0.05) is 18.0 Å². The molecular weight excluding hydrogens is 290 g/mol. The van der Waals surface area contributed by atoms with Crippen LogP contribution in [0.5, 0.6) is 0 Å². The van der Waals surface area contributed by atoms with Crippen LogP contribution in [0.4, 0.5) is 0 Å². The average molecular weight is 307 g/mol. The maximum Gasteiger partial charge on any atom is 0.316 e. The smallest absolute Gasteiger partial charge is 0.316 e. The van der Waals surface area contributed by atoms with Crippen LogP contribution in [0.1, 0.15) is 13.8 Å². The van der Waals surface area contributed by atoms with Crippen LogP contribution in [-0.2, 0) is 9.53 Å². The van der Waals surface area contributed by atoms with Gasteiger partial charge in [0.2, 0.25) is 5.16 Å². The molecule has 0 aromatic carbocycles. The highest BCUT2D eigenvalue weighted by molar-refractivity contribution is 7.99. The SMILES string of the molecule is CC(C)COC(=O)CSc1nnc(-c2ccncc2)n1N. The standard InChI is InChI=1S/C13H17N5O2S/c1-9(2)7-20-11(19)8-21-13-17-16-12(18(13)14)10-3-5-15-6-4-10/h3-6,9H,7-8,14H2,1-2H3. The van der Waals surface area contributed by atoms with E-state index >= 15 is 0 Å². The van der Waals surface area contributed by atoms with E-state index in [1.54, 1.807) is 24.5 Å². The number of pyridine rings is 1. The van der Waals surface area contributed by atoms with Gasteiger partial charge in [0.15, 0.2) is 5.82 Å². The first-order chi connectivity index (χ1) is 10.1. The molecule has 7 nitrogen and oxygen atoms in total. The first-order valence-electron chi connectivity index (χ1n) is 6.47. The number of nitrogens with two attached hydrogens (primary N) is 1. The van der Waals surface area contributed by atoms with Crippen molar-refractivity contribution in [2.75, 3.05) is 18.2 Å². The fourth-order valence-corrected chi connectivity index (χ4v) is 2.15. The quantitative estimate of drug-likeness (QED) is 0.489. The molecule has 0 radical (unpaired) electrons. The molecular formula is C13H17N5O2S. The van der Waals surface area contributed by atoms with Gasteiger partial charge in [-0.2, -0.15) is 0 Å². The Kier molecular flexibility index (Phi) is 5.15. The molecule has 0 aliphatic rings. The van der Waals surface area contributed by atoms with Crippen LogP contribution in [0.2, 0.25) is 0 Å². The van der Waals surface area contributed by atoms with Crippen molar-refractivity contribution in [2.24, 2.45) is 5.92 Å². The molecule has 0 aliphatic carbocycles. The number of hydrogen-bond acceptors (Lipinski definition) is 7. The van der Waals surface area contributed by atoms with E-state index in [4.69, 9.17) is 10.6 Å². The Morgan fingerprint density at radius 3 is 2.76 bits per heavy atom. The van der Waals surface area contributed by atoms with Crippen molar-refractivity contribution in [1.29, 1.82) is 0 Å². The molecule has 2 heterocycles. The monoisotopic (exact) mass is 307 g/mol. The molecule has 2 rings (SSSR count). The van der Waals surface area contributed by atoms with Gasteiger partial charge in [-0.1, -0.05) is 25.6 Å². The minimum atomic E-state index is -0.290. The first-order valence-corrected chi connectivity index (χ1v) is 7.45. The van der Waals surface area contributed by atoms with E-state index < -0.39 is 0 Å². The highest BCUT2D eigenvalue weighted by atomic mass is 32.2. The van der Waals surface area contributed by atoms with Crippen LogP contribution < -0.4 is 5.84 Å². The minimum absolute atomic E-state index is 0.151. The zero-order valence-electron chi connectivity index (χ0n) is 11.9. The van der Waals surface area contributed by atoms with Gasteiger partial charge in [0.05, 0.1) is 12.4 Å². The number of rotatable bonds is 6. The lowest BCUT2D eigenvalue weighted by Gasteiger charge is -2.06. The van der Waals surface area contributed by atoms with Crippen LogP contribution in [0, 0.1) is 5.92 Å². The highest BCUT2D eigenvalue weighted by Gasteiger charge is 2.14. The molecule has 0 fully saturated rings. The Morgan fingerprint density at radius 1 is 1.38 bits per heavy atom. The average Bonchev–Trinajstić information content (AvgIpc) is 2.85. The van der Waals surface area contributed by atoms with Crippen molar-refractivity contribution >= 4 is 17.7 Å². The number of aromatic nitrogens is 4. The Morgan fingerprint density at radius 2 is 2.10 bits per heavy atom. The molecule has 0 saturated carbocycles.